The third-order valence-corrected chi connectivity index (χ3v) is 4.52. The van der Waals surface area contributed by atoms with Crippen molar-refractivity contribution in [3.05, 3.63) is 59.2 Å². The molecule has 0 saturated heterocycles. The van der Waals surface area contributed by atoms with E-state index in [0.717, 1.165) is 11.7 Å². The minimum absolute atomic E-state index is 0.479. The van der Waals surface area contributed by atoms with Crippen LogP contribution >= 0.6 is 11.6 Å². The normalized spacial score (nSPS) is 25.5. The first-order chi connectivity index (χ1) is 10.2. The maximum atomic E-state index is 5.89. The molecule has 0 radical (unpaired) electrons. The Hall–Kier alpha value is -1.54. The van der Waals surface area contributed by atoms with E-state index in [1.165, 1.54) is 24.8 Å². The van der Waals surface area contributed by atoms with Crippen LogP contribution in [0, 0.1) is 5.92 Å². The average Bonchev–Trinajstić information content (AvgIpc) is 2.50. The zero-order chi connectivity index (χ0) is 14.7. The molecule has 3 atom stereocenters. The summed E-state index contributed by atoms with van der Waals surface area (Å²) in [7, 11) is 0. The summed E-state index contributed by atoms with van der Waals surface area (Å²) in [6.45, 7) is 2.35. The van der Waals surface area contributed by atoms with E-state index in [9.17, 15) is 0 Å². The number of aromatic nitrogens is 1. The highest BCUT2D eigenvalue weighted by Crippen LogP contribution is 2.37. The lowest BCUT2D eigenvalue weighted by atomic mass is 9.76. The van der Waals surface area contributed by atoms with E-state index in [2.05, 4.69) is 47.6 Å². The molecule has 0 amide bonds. The molecule has 2 nitrogen and oxygen atoms in total. The second-order valence-corrected chi connectivity index (χ2v) is 6.56. The number of rotatable bonds is 3. The van der Waals surface area contributed by atoms with Crippen molar-refractivity contribution in [1.82, 2.24) is 4.98 Å². The van der Waals surface area contributed by atoms with Crippen molar-refractivity contribution in [2.75, 3.05) is 5.32 Å². The Bertz CT molecular complexity index is 568. The van der Waals surface area contributed by atoms with Gasteiger partial charge in [0.15, 0.2) is 0 Å². The van der Waals surface area contributed by atoms with Gasteiger partial charge >= 0.3 is 0 Å². The van der Waals surface area contributed by atoms with Crippen molar-refractivity contribution in [3.63, 3.8) is 0 Å². The molecule has 1 saturated carbocycles. The standard InChI is InChI=1S/C18H21ClN2/c1-13-9-15(14-5-3-2-4-6-14)11-17(10-13)21-18-8-7-16(19)12-20-18/h2-8,12-13,15,17H,9-11H2,1H3,(H,20,21). The third-order valence-electron chi connectivity index (χ3n) is 4.29. The predicted molar refractivity (Wildman–Crippen MR) is 88.9 cm³/mol. The molecule has 1 fully saturated rings. The van der Waals surface area contributed by atoms with E-state index in [4.69, 9.17) is 11.6 Å². The fraction of sp³-hybridized carbons (Fsp3) is 0.389. The van der Waals surface area contributed by atoms with Crippen LogP contribution in [-0.4, -0.2) is 11.0 Å². The molecule has 0 bridgehead atoms. The van der Waals surface area contributed by atoms with E-state index < -0.39 is 0 Å². The molecule has 1 N–H and O–H groups in total. The summed E-state index contributed by atoms with van der Waals surface area (Å²) in [5.41, 5.74) is 1.46. The van der Waals surface area contributed by atoms with Gasteiger partial charge in [-0.25, -0.2) is 4.98 Å². The number of halogens is 1. The van der Waals surface area contributed by atoms with E-state index >= 15 is 0 Å². The molecule has 0 aliphatic heterocycles. The number of nitrogens with one attached hydrogen (secondary N) is 1. The largest absolute Gasteiger partial charge is 0.367 e. The van der Waals surface area contributed by atoms with Crippen LogP contribution in [0.4, 0.5) is 5.82 Å². The van der Waals surface area contributed by atoms with Crippen molar-refractivity contribution in [1.29, 1.82) is 0 Å². The van der Waals surface area contributed by atoms with E-state index in [-0.39, 0.29) is 0 Å². The van der Waals surface area contributed by atoms with Crippen LogP contribution in [-0.2, 0) is 0 Å². The van der Waals surface area contributed by atoms with Crippen LogP contribution in [0.5, 0.6) is 0 Å². The first-order valence-corrected chi connectivity index (χ1v) is 8.01. The molecule has 3 rings (SSSR count). The quantitative estimate of drug-likeness (QED) is 0.851. The van der Waals surface area contributed by atoms with Crippen LogP contribution < -0.4 is 5.32 Å². The highest BCUT2D eigenvalue weighted by atomic mass is 35.5. The molecule has 1 aliphatic carbocycles. The number of benzene rings is 1. The smallest absolute Gasteiger partial charge is 0.126 e. The van der Waals surface area contributed by atoms with Crippen molar-refractivity contribution in [2.24, 2.45) is 5.92 Å². The molecular formula is C18H21ClN2. The number of pyridine rings is 1. The van der Waals surface area contributed by atoms with Crippen molar-refractivity contribution in [3.8, 4) is 0 Å². The van der Waals surface area contributed by atoms with Crippen molar-refractivity contribution in [2.45, 2.75) is 38.1 Å². The summed E-state index contributed by atoms with van der Waals surface area (Å²) >= 11 is 5.89. The van der Waals surface area contributed by atoms with E-state index in [0.29, 0.717) is 17.0 Å². The average molecular weight is 301 g/mol. The molecule has 1 aromatic heterocycles. The Morgan fingerprint density at radius 1 is 1.05 bits per heavy atom. The van der Waals surface area contributed by atoms with Crippen LogP contribution in [0.25, 0.3) is 0 Å². The van der Waals surface area contributed by atoms with Gasteiger partial charge in [-0.05, 0) is 48.8 Å². The number of hydrogen-bond donors (Lipinski definition) is 1. The Kier molecular flexibility index (Phi) is 4.45. The molecule has 1 heterocycles. The Labute approximate surface area is 131 Å². The van der Waals surface area contributed by atoms with Gasteiger partial charge in [0.05, 0.1) is 5.02 Å². The molecule has 1 aliphatic rings. The Balaban J connectivity index is 1.70. The van der Waals surface area contributed by atoms with Crippen LogP contribution in [0.1, 0.15) is 37.7 Å². The lowest BCUT2D eigenvalue weighted by Gasteiger charge is -2.34. The van der Waals surface area contributed by atoms with Gasteiger partial charge < -0.3 is 5.32 Å². The molecule has 1 aromatic carbocycles. The fourth-order valence-electron chi connectivity index (χ4n) is 3.39. The number of anilines is 1. The molecule has 21 heavy (non-hydrogen) atoms. The Morgan fingerprint density at radius 2 is 1.86 bits per heavy atom. The molecule has 3 heteroatoms. The molecule has 110 valence electrons. The SMILES string of the molecule is CC1CC(Nc2ccc(Cl)cn2)CC(c2ccccc2)C1. The summed E-state index contributed by atoms with van der Waals surface area (Å²) in [6, 6.07) is 15.2. The lowest BCUT2D eigenvalue weighted by Crippen LogP contribution is -2.30. The van der Waals surface area contributed by atoms with Gasteiger partial charge in [0.1, 0.15) is 5.82 Å². The number of nitrogens with zero attached hydrogens (tertiary/aromatic N) is 1. The summed E-state index contributed by atoms with van der Waals surface area (Å²) in [5, 5.41) is 4.25. The molecule has 2 aromatic rings. The minimum atomic E-state index is 0.479. The van der Waals surface area contributed by atoms with Gasteiger partial charge in [0.25, 0.3) is 0 Å². The van der Waals surface area contributed by atoms with E-state index in [1.807, 2.05) is 12.1 Å². The third kappa shape index (κ3) is 3.76. The van der Waals surface area contributed by atoms with Crippen LogP contribution in [0.15, 0.2) is 48.7 Å². The zero-order valence-electron chi connectivity index (χ0n) is 12.3. The maximum Gasteiger partial charge on any atom is 0.126 e. The highest BCUT2D eigenvalue weighted by Gasteiger charge is 2.27. The molecule has 0 spiro atoms. The van der Waals surface area contributed by atoms with Gasteiger partial charge in [0.2, 0.25) is 0 Å². The summed E-state index contributed by atoms with van der Waals surface area (Å²) in [4.78, 5) is 4.35. The fourth-order valence-corrected chi connectivity index (χ4v) is 3.50. The zero-order valence-corrected chi connectivity index (χ0v) is 13.1. The molecular weight excluding hydrogens is 280 g/mol. The topological polar surface area (TPSA) is 24.9 Å². The summed E-state index contributed by atoms with van der Waals surface area (Å²) in [6.07, 6.45) is 5.34. The first-order valence-electron chi connectivity index (χ1n) is 7.64. The second kappa shape index (κ2) is 6.48. The van der Waals surface area contributed by atoms with Crippen molar-refractivity contribution < 1.29 is 0 Å². The monoisotopic (exact) mass is 300 g/mol. The van der Waals surface area contributed by atoms with Gasteiger partial charge in [-0.3, -0.25) is 0 Å². The lowest BCUT2D eigenvalue weighted by molar-refractivity contribution is 0.320. The summed E-state index contributed by atoms with van der Waals surface area (Å²) in [5.74, 6) is 2.29. The molecule has 3 unspecified atom stereocenters. The Morgan fingerprint density at radius 3 is 2.57 bits per heavy atom. The van der Waals surface area contributed by atoms with Crippen molar-refractivity contribution >= 4 is 17.4 Å². The minimum Gasteiger partial charge on any atom is -0.367 e. The summed E-state index contributed by atoms with van der Waals surface area (Å²) < 4.78 is 0. The van der Waals surface area contributed by atoms with Gasteiger partial charge in [-0.2, -0.15) is 0 Å². The maximum absolute atomic E-state index is 5.89. The van der Waals surface area contributed by atoms with Gasteiger partial charge in [-0.1, -0.05) is 48.9 Å². The number of hydrogen-bond acceptors (Lipinski definition) is 2. The van der Waals surface area contributed by atoms with Gasteiger partial charge in [-0.15, -0.1) is 0 Å². The predicted octanol–water partition coefficient (Wildman–Crippen LogP) is 5.12. The van der Waals surface area contributed by atoms with Gasteiger partial charge in [0, 0.05) is 12.2 Å². The van der Waals surface area contributed by atoms with Crippen LogP contribution in [0.2, 0.25) is 5.02 Å². The second-order valence-electron chi connectivity index (χ2n) is 6.12. The first kappa shape index (κ1) is 14.4. The highest BCUT2D eigenvalue weighted by molar-refractivity contribution is 6.30. The van der Waals surface area contributed by atoms with Crippen LogP contribution in [0.3, 0.4) is 0 Å². The van der Waals surface area contributed by atoms with E-state index in [1.54, 1.807) is 6.20 Å².